The van der Waals surface area contributed by atoms with E-state index < -0.39 is 0 Å². The van der Waals surface area contributed by atoms with E-state index in [-0.39, 0.29) is 6.04 Å². The van der Waals surface area contributed by atoms with Gasteiger partial charge in [-0.25, -0.2) is 4.98 Å². The van der Waals surface area contributed by atoms with Crippen LogP contribution in [0.4, 0.5) is 0 Å². The van der Waals surface area contributed by atoms with Crippen molar-refractivity contribution in [2.24, 2.45) is 5.73 Å². The minimum Gasteiger partial charge on any atom is -0.326 e. The first kappa shape index (κ1) is 10.2. The number of fused-ring (bicyclic) bond motifs is 1. The van der Waals surface area contributed by atoms with Crippen LogP contribution in [-0.2, 0) is 13.0 Å². The van der Waals surface area contributed by atoms with Crippen LogP contribution in [0.1, 0.15) is 19.7 Å². The summed E-state index contributed by atoms with van der Waals surface area (Å²) in [6.07, 6.45) is 0.946. The van der Waals surface area contributed by atoms with Crippen LogP contribution in [0.3, 0.4) is 0 Å². The normalized spacial score (nSPS) is 13.3. The van der Waals surface area contributed by atoms with E-state index in [1.165, 1.54) is 5.52 Å². The molecule has 3 heteroatoms. The number of nitrogens with two attached hydrogens (primary N) is 1. The minimum absolute atomic E-state index is 0.160. The van der Waals surface area contributed by atoms with Crippen LogP contribution in [-0.4, -0.2) is 15.6 Å². The third-order valence-corrected chi connectivity index (χ3v) is 2.52. The lowest BCUT2D eigenvalue weighted by Gasteiger charge is -2.10. The first-order chi connectivity index (χ1) is 7.22. The Morgan fingerprint density at radius 1 is 1.40 bits per heavy atom. The first-order valence-electron chi connectivity index (χ1n) is 5.42. The van der Waals surface area contributed by atoms with Crippen molar-refractivity contribution in [3.8, 4) is 0 Å². The highest BCUT2D eigenvalue weighted by Gasteiger charge is 2.09. The second kappa shape index (κ2) is 4.03. The van der Waals surface area contributed by atoms with E-state index in [4.69, 9.17) is 5.73 Å². The van der Waals surface area contributed by atoms with Gasteiger partial charge in [0.05, 0.1) is 11.0 Å². The molecule has 3 nitrogen and oxygen atoms in total. The molecule has 0 aliphatic heterocycles. The van der Waals surface area contributed by atoms with Gasteiger partial charge in [0.2, 0.25) is 0 Å². The van der Waals surface area contributed by atoms with E-state index >= 15 is 0 Å². The van der Waals surface area contributed by atoms with Gasteiger partial charge in [0.25, 0.3) is 0 Å². The van der Waals surface area contributed by atoms with E-state index in [9.17, 15) is 0 Å². The van der Waals surface area contributed by atoms with Gasteiger partial charge >= 0.3 is 0 Å². The molecule has 80 valence electrons. The molecule has 0 fully saturated rings. The fourth-order valence-electron chi connectivity index (χ4n) is 1.89. The Morgan fingerprint density at radius 2 is 2.13 bits per heavy atom. The molecule has 2 N–H and O–H groups in total. The number of nitrogens with zero attached hydrogens (tertiary/aromatic N) is 2. The average Bonchev–Trinajstić information content (AvgIpc) is 2.56. The van der Waals surface area contributed by atoms with Gasteiger partial charge in [-0.15, -0.1) is 0 Å². The number of hydrogen-bond acceptors (Lipinski definition) is 2. The molecule has 1 unspecified atom stereocenters. The van der Waals surface area contributed by atoms with Crippen LogP contribution in [0, 0.1) is 0 Å². The number of benzene rings is 1. The Hall–Kier alpha value is -1.35. The Labute approximate surface area is 89.9 Å². The van der Waals surface area contributed by atoms with Crippen LogP contribution in [0.25, 0.3) is 11.0 Å². The maximum absolute atomic E-state index is 5.85. The molecule has 1 aromatic heterocycles. The summed E-state index contributed by atoms with van der Waals surface area (Å²) in [6, 6.07) is 8.37. The topological polar surface area (TPSA) is 43.8 Å². The van der Waals surface area contributed by atoms with Gasteiger partial charge in [0.1, 0.15) is 5.82 Å². The number of aryl methyl sites for hydroxylation is 1. The molecule has 0 saturated heterocycles. The molecule has 0 aliphatic carbocycles. The standard InChI is InChI=1S/C12H17N3/c1-3-12-14-10-6-4-5-7-11(10)15(12)8-9(2)13/h4-7,9H,3,8,13H2,1-2H3. The van der Waals surface area contributed by atoms with Crippen LogP contribution in [0.2, 0.25) is 0 Å². The van der Waals surface area contributed by atoms with Crippen molar-refractivity contribution in [2.75, 3.05) is 0 Å². The molecule has 0 aliphatic rings. The van der Waals surface area contributed by atoms with Gasteiger partial charge < -0.3 is 10.3 Å². The Kier molecular flexibility index (Phi) is 2.73. The summed E-state index contributed by atoms with van der Waals surface area (Å²) in [5.74, 6) is 1.12. The van der Waals surface area contributed by atoms with Gasteiger partial charge in [0, 0.05) is 19.0 Å². The second-order valence-corrected chi connectivity index (χ2v) is 3.96. The SMILES string of the molecule is CCc1nc2ccccc2n1CC(C)N. The predicted molar refractivity (Wildman–Crippen MR) is 62.8 cm³/mol. The van der Waals surface area contributed by atoms with E-state index in [0.29, 0.717) is 0 Å². The fraction of sp³-hybridized carbons (Fsp3) is 0.417. The summed E-state index contributed by atoms with van der Waals surface area (Å²) in [6.45, 7) is 4.98. The molecular weight excluding hydrogens is 186 g/mol. The van der Waals surface area contributed by atoms with Crippen molar-refractivity contribution in [3.05, 3.63) is 30.1 Å². The third-order valence-electron chi connectivity index (χ3n) is 2.52. The summed E-state index contributed by atoms with van der Waals surface area (Å²) in [5, 5.41) is 0. The predicted octanol–water partition coefficient (Wildman–Crippen LogP) is 1.95. The molecule has 1 heterocycles. The highest BCUT2D eigenvalue weighted by atomic mass is 15.1. The lowest BCUT2D eigenvalue weighted by Crippen LogP contribution is -2.23. The third kappa shape index (κ3) is 1.88. The average molecular weight is 203 g/mol. The van der Waals surface area contributed by atoms with Gasteiger partial charge in [-0.3, -0.25) is 0 Å². The summed E-state index contributed by atoms with van der Waals surface area (Å²) >= 11 is 0. The molecule has 1 aromatic carbocycles. The van der Waals surface area contributed by atoms with Crippen LogP contribution in [0.5, 0.6) is 0 Å². The first-order valence-corrected chi connectivity index (χ1v) is 5.42. The van der Waals surface area contributed by atoms with Gasteiger partial charge in [-0.1, -0.05) is 19.1 Å². The van der Waals surface area contributed by atoms with Crippen molar-refractivity contribution in [2.45, 2.75) is 32.9 Å². The largest absolute Gasteiger partial charge is 0.326 e. The van der Waals surface area contributed by atoms with Gasteiger partial charge in [-0.05, 0) is 19.1 Å². The summed E-state index contributed by atoms with van der Waals surface area (Å²) < 4.78 is 2.22. The number of hydrogen-bond donors (Lipinski definition) is 1. The minimum atomic E-state index is 0.160. The molecule has 2 rings (SSSR count). The Morgan fingerprint density at radius 3 is 2.80 bits per heavy atom. The molecule has 15 heavy (non-hydrogen) atoms. The molecule has 0 saturated carbocycles. The van der Waals surface area contributed by atoms with Crippen LogP contribution < -0.4 is 5.73 Å². The van der Waals surface area contributed by atoms with Crippen LogP contribution >= 0.6 is 0 Å². The Bertz CT molecular complexity index is 457. The summed E-state index contributed by atoms with van der Waals surface area (Å²) in [5.41, 5.74) is 8.10. The second-order valence-electron chi connectivity index (χ2n) is 3.96. The zero-order chi connectivity index (χ0) is 10.8. The van der Waals surface area contributed by atoms with Crippen molar-refractivity contribution >= 4 is 11.0 Å². The van der Waals surface area contributed by atoms with Crippen molar-refractivity contribution in [1.82, 2.24) is 9.55 Å². The monoisotopic (exact) mass is 203 g/mol. The van der Waals surface area contributed by atoms with Crippen molar-refractivity contribution in [1.29, 1.82) is 0 Å². The molecule has 1 atom stereocenters. The van der Waals surface area contributed by atoms with Crippen molar-refractivity contribution in [3.63, 3.8) is 0 Å². The van der Waals surface area contributed by atoms with Gasteiger partial charge in [-0.2, -0.15) is 0 Å². The molecule has 0 spiro atoms. The number of para-hydroxylation sites is 2. The highest BCUT2D eigenvalue weighted by molar-refractivity contribution is 5.75. The number of rotatable bonds is 3. The van der Waals surface area contributed by atoms with Crippen molar-refractivity contribution < 1.29 is 0 Å². The van der Waals surface area contributed by atoms with Gasteiger partial charge in [0.15, 0.2) is 0 Å². The smallest absolute Gasteiger partial charge is 0.109 e. The molecular formula is C12H17N3. The fourth-order valence-corrected chi connectivity index (χ4v) is 1.89. The Balaban J connectivity index is 2.56. The summed E-state index contributed by atoms with van der Waals surface area (Å²) in [7, 11) is 0. The van der Waals surface area contributed by atoms with E-state index in [1.807, 2.05) is 25.1 Å². The maximum atomic E-state index is 5.85. The van der Waals surface area contributed by atoms with E-state index in [0.717, 1.165) is 24.3 Å². The molecule has 0 radical (unpaired) electrons. The molecule has 2 aromatic rings. The highest BCUT2D eigenvalue weighted by Crippen LogP contribution is 2.16. The zero-order valence-electron chi connectivity index (χ0n) is 9.27. The molecule has 0 bridgehead atoms. The zero-order valence-corrected chi connectivity index (χ0v) is 9.27. The maximum Gasteiger partial charge on any atom is 0.109 e. The quantitative estimate of drug-likeness (QED) is 0.828. The van der Waals surface area contributed by atoms with E-state index in [2.05, 4.69) is 22.5 Å². The summed E-state index contributed by atoms with van der Waals surface area (Å²) in [4.78, 5) is 4.59. The number of imidazole rings is 1. The molecule has 0 amide bonds. The number of aromatic nitrogens is 2. The van der Waals surface area contributed by atoms with E-state index in [1.54, 1.807) is 0 Å². The lowest BCUT2D eigenvalue weighted by molar-refractivity contribution is 0.581. The van der Waals surface area contributed by atoms with Crippen LogP contribution in [0.15, 0.2) is 24.3 Å². The lowest BCUT2D eigenvalue weighted by atomic mass is 10.3.